The molecule has 1 amide bonds. The van der Waals surface area contributed by atoms with Gasteiger partial charge in [-0.15, -0.1) is 0 Å². The fraction of sp³-hybridized carbons (Fsp3) is 0.562. The van der Waals surface area contributed by atoms with Gasteiger partial charge in [-0.1, -0.05) is 18.5 Å². The van der Waals surface area contributed by atoms with Crippen molar-refractivity contribution < 1.29 is 14.6 Å². The van der Waals surface area contributed by atoms with Gasteiger partial charge < -0.3 is 14.7 Å². The average molecular weight is 327 g/mol. The maximum atomic E-state index is 12.6. The molecule has 1 aliphatic rings. The van der Waals surface area contributed by atoms with E-state index in [2.05, 4.69) is 4.90 Å². The minimum Gasteiger partial charge on any atom is -0.496 e. The number of methoxy groups -OCH3 is 1. The summed E-state index contributed by atoms with van der Waals surface area (Å²) >= 11 is 5.93. The van der Waals surface area contributed by atoms with E-state index in [1.165, 1.54) is 7.11 Å². The van der Waals surface area contributed by atoms with Crippen molar-refractivity contribution in [3.63, 3.8) is 0 Å². The molecule has 22 heavy (non-hydrogen) atoms. The Bertz CT molecular complexity index is 516. The number of piperazine rings is 1. The second-order valence-corrected chi connectivity index (χ2v) is 5.94. The van der Waals surface area contributed by atoms with Gasteiger partial charge in [-0.3, -0.25) is 9.69 Å². The third-order valence-corrected chi connectivity index (χ3v) is 4.23. The molecule has 0 spiro atoms. The van der Waals surface area contributed by atoms with E-state index in [4.69, 9.17) is 16.3 Å². The molecular weight excluding hydrogens is 304 g/mol. The predicted octanol–water partition coefficient (Wildman–Crippen LogP) is 1.88. The van der Waals surface area contributed by atoms with E-state index in [9.17, 15) is 9.90 Å². The van der Waals surface area contributed by atoms with E-state index in [1.807, 2.05) is 11.8 Å². The van der Waals surface area contributed by atoms with Crippen LogP contribution in [0.2, 0.25) is 5.02 Å². The van der Waals surface area contributed by atoms with Crippen LogP contribution >= 0.6 is 11.6 Å². The number of nitrogens with zero attached hydrogens (tertiary/aromatic N) is 2. The molecule has 1 saturated heterocycles. The number of carbonyl (C=O) groups excluding carboxylic acids is 1. The lowest BCUT2D eigenvalue weighted by atomic mass is 10.1. The van der Waals surface area contributed by atoms with Crippen LogP contribution in [-0.4, -0.2) is 66.8 Å². The zero-order valence-corrected chi connectivity index (χ0v) is 13.8. The van der Waals surface area contributed by atoms with Crippen molar-refractivity contribution in [1.29, 1.82) is 0 Å². The highest BCUT2D eigenvalue weighted by atomic mass is 35.5. The van der Waals surface area contributed by atoms with Gasteiger partial charge in [0.05, 0.1) is 18.8 Å². The van der Waals surface area contributed by atoms with Crippen molar-refractivity contribution >= 4 is 17.5 Å². The maximum absolute atomic E-state index is 12.6. The lowest BCUT2D eigenvalue weighted by Crippen LogP contribution is -2.50. The molecule has 0 saturated carbocycles. The first-order valence-corrected chi connectivity index (χ1v) is 7.96. The molecule has 1 atom stereocenters. The molecular formula is C16H23ClN2O3. The molecule has 0 bridgehead atoms. The number of hydrogen-bond donors (Lipinski definition) is 1. The van der Waals surface area contributed by atoms with Crippen LogP contribution in [0.3, 0.4) is 0 Å². The first-order valence-electron chi connectivity index (χ1n) is 7.58. The number of ether oxygens (including phenoxy) is 1. The van der Waals surface area contributed by atoms with Gasteiger partial charge in [0.25, 0.3) is 5.91 Å². The lowest BCUT2D eigenvalue weighted by Gasteiger charge is -2.35. The summed E-state index contributed by atoms with van der Waals surface area (Å²) in [4.78, 5) is 16.6. The predicted molar refractivity (Wildman–Crippen MR) is 86.6 cm³/mol. The molecule has 0 aliphatic carbocycles. The SMILES string of the molecule is CCC(O)CN1CCN(C(=O)c2ccc(Cl)cc2OC)CC1. The average Bonchev–Trinajstić information content (AvgIpc) is 2.54. The minimum absolute atomic E-state index is 0.0378. The fourth-order valence-electron chi connectivity index (χ4n) is 2.57. The molecule has 1 aromatic carbocycles. The molecule has 1 fully saturated rings. The van der Waals surface area contributed by atoms with Crippen LogP contribution in [0.4, 0.5) is 0 Å². The van der Waals surface area contributed by atoms with E-state index in [0.717, 1.165) is 19.5 Å². The Morgan fingerprint density at radius 3 is 2.64 bits per heavy atom. The van der Waals surface area contributed by atoms with E-state index in [1.54, 1.807) is 18.2 Å². The highest BCUT2D eigenvalue weighted by Crippen LogP contribution is 2.24. The number of amides is 1. The summed E-state index contributed by atoms with van der Waals surface area (Å²) in [6.07, 6.45) is 0.458. The van der Waals surface area contributed by atoms with Gasteiger partial charge in [-0.05, 0) is 24.6 Å². The minimum atomic E-state index is -0.293. The molecule has 2 rings (SSSR count). The van der Waals surface area contributed by atoms with Crippen molar-refractivity contribution in [3.8, 4) is 5.75 Å². The summed E-state index contributed by atoms with van der Waals surface area (Å²) in [5.74, 6) is 0.463. The molecule has 1 heterocycles. The molecule has 1 aliphatic heterocycles. The van der Waals surface area contributed by atoms with Crippen LogP contribution in [0.1, 0.15) is 23.7 Å². The number of hydrogen-bond acceptors (Lipinski definition) is 4. The van der Waals surface area contributed by atoms with Crippen molar-refractivity contribution in [2.24, 2.45) is 0 Å². The first-order chi connectivity index (χ1) is 10.5. The van der Waals surface area contributed by atoms with Crippen LogP contribution in [0.15, 0.2) is 18.2 Å². The van der Waals surface area contributed by atoms with Gasteiger partial charge in [0.15, 0.2) is 0 Å². The maximum Gasteiger partial charge on any atom is 0.257 e. The number of β-amino-alcohol motifs (C(OH)–C–C–N with tert-alkyl or cyclic N) is 1. The van der Waals surface area contributed by atoms with Crippen molar-refractivity contribution in [1.82, 2.24) is 9.80 Å². The smallest absolute Gasteiger partial charge is 0.257 e. The highest BCUT2D eigenvalue weighted by molar-refractivity contribution is 6.30. The molecule has 0 aromatic heterocycles. The van der Waals surface area contributed by atoms with Crippen molar-refractivity contribution in [2.45, 2.75) is 19.4 Å². The molecule has 1 N–H and O–H groups in total. The monoisotopic (exact) mass is 326 g/mol. The number of rotatable bonds is 5. The second kappa shape index (κ2) is 7.81. The summed E-state index contributed by atoms with van der Waals surface area (Å²) in [5.41, 5.74) is 0.536. The van der Waals surface area contributed by atoms with Crippen molar-refractivity contribution in [2.75, 3.05) is 39.8 Å². The molecule has 0 radical (unpaired) electrons. The Balaban J connectivity index is 1.98. The van der Waals surface area contributed by atoms with Crippen molar-refractivity contribution in [3.05, 3.63) is 28.8 Å². The van der Waals surface area contributed by atoms with Crippen LogP contribution < -0.4 is 4.74 Å². The largest absolute Gasteiger partial charge is 0.496 e. The van der Waals surface area contributed by atoms with Gasteiger partial charge in [0.2, 0.25) is 0 Å². The number of aliphatic hydroxyl groups is 1. The number of aliphatic hydroxyl groups excluding tert-OH is 1. The van der Waals surface area contributed by atoms with Crippen LogP contribution in [0.5, 0.6) is 5.75 Å². The number of benzene rings is 1. The third kappa shape index (κ3) is 4.12. The first kappa shape index (κ1) is 17.1. The Labute approximate surface area is 136 Å². The van der Waals surface area contributed by atoms with E-state index < -0.39 is 0 Å². The third-order valence-electron chi connectivity index (χ3n) is 3.99. The topological polar surface area (TPSA) is 53.0 Å². The second-order valence-electron chi connectivity index (χ2n) is 5.50. The fourth-order valence-corrected chi connectivity index (χ4v) is 2.73. The van der Waals surface area contributed by atoms with Gasteiger partial charge in [0, 0.05) is 37.7 Å². The summed E-state index contributed by atoms with van der Waals surface area (Å²) in [5, 5.41) is 10.3. The summed E-state index contributed by atoms with van der Waals surface area (Å²) in [6, 6.07) is 5.06. The number of halogens is 1. The number of carbonyl (C=O) groups is 1. The summed E-state index contributed by atoms with van der Waals surface area (Å²) in [6.45, 7) is 5.50. The summed E-state index contributed by atoms with van der Waals surface area (Å²) in [7, 11) is 1.53. The molecule has 1 aromatic rings. The van der Waals surface area contributed by atoms with Gasteiger partial charge in [0.1, 0.15) is 5.75 Å². The quantitative estimate of drug-likeness (QED) is 0.897. The molecule has 6 heteroatoms. The lowest BCUT2D eigenvalue weighted by molar-refractivity contribution is 0.0521. The van der Waals surface area contributed by atoms with Gasteiger partial charge in [-0.2, -0.15) is 0 Å². The van der Waals surface area contributed by atoms with E-state index in [-0.39, 0.29) is 12.0 Å². The van der Waals surface area contributed by atoms with E-state index in [0.29, 0.717) is 36.0 Å². The van der Waals surface area contributed by atoms with E-state index >= 15 is 0 Å². The normalized spacial score (nSPS) is 17.4. The van der Waals surface area contributed by atoms with Crippen LogP contribution in [0.25, 0.3) is 0 Å². The van der Waals surface area contributed by atoms with Crippen LogP contribution in [0, 0.1) is 0 Å². The highest BCUT2D eigenvalue weighted by Gasteiger charge is 2.25. The Kier molecular flexibility index (Phi) is 6.06. The molecule has 1 unspecified atom stereocenters. The van der Waals surface area contributed by atoms with Gasteiger partial charge >= 0.3 is 0 Å². The zero-order chi connectivity index (χ0) is 16.1. The zero-order valence-electron chi connectivity index (χ0n) is 13.1. The van der Waals surface area contributed by atoms with Gasteiger partial charge in [-0.25, -0.2) is 0 Å². The molecule has 122 valence electrons. The standard InChI is InChI=1S/C16H23ClN2O3/c1-3-13(20)11-18-6-8-19(9-7-18)16(21)14-5-4-12(17)10-15(14)22-2/h4-5,10,13,20H,3,6-9,11H2,1-2H3. The summed E-state index contributed by atoms with van der Waals surface area (Å²) < 4.78 is 5.25. The molecule has 5 nitrogen and oxygen atoms in total. The van der Waals surface area contributed by atoms with Crippen LogP contribution in [-0.2, 0) is 0 Å². The Hall–Kier alpha value is -1.30. The Morgan fingerprint density at radius 2 is 2.05 bits per heavy atom. The Morgan fingerprint density at radius 1 is 1.36 bits per heavy atom.